The van der Waals surface area contributed by atoms with Gasteiger partial charge in [-0.1, -0.05) is 91.0 Å². The summed E-state index contributed by atoms with van der Waals surface area (Å²) in [6.45, 7) is 2.92. The van der Waals surface area contributed by atoms with Gasteiger partial charge in [0.2, 0.25) is 0 Å². The molecule has 242 valence electrons. The molecule has 1 amide bonds. The molecule has 1 fully saturated rings. The van der Waals surface area contributed by atoms with Crippen LogP contribution in [-0.2, 0) is 22.6 Å². The van der Waals surface area contributed by atoms with Crippen LogP contribution in [0.25, 0.3) is 11.0 Å². The number of carbonyl (C=O) groups is 1. The van der Waals surface area contributed by atoms with Gasteiger partial charge >= 0.3 is 0 Å². The molecule has 0 aliphatic carbocycles. The molecular weight excluding hydrogens is 592 g/mol. The molecule has 0 spiro atoms. The molecule has 5 atom stereocenters. The average molecular weight is 633 g/mol. The van der Waals surface area contributed by atoms with E-state index < -0.39 is 12.4 Å². The van der Waals surface area contributed by atoms with Crippen LogP contribution in [0, 0.1) is 0 Å². The third kappa shape index (κ3) is 7.90. The van der Waals surface area contributed by atoms with Gasteiger partial charge in [-0.25, -0.2) is 4.98 Å². The second-order valence-electron chi connectivity index (χ2n) is 12.1. The molecular formula is C38H40N4O5. The van der Waals surface area contributed by atoms with Crippen molar-refractivity contribution in [1.29, 1.82) is 0 Å². The number of carbonyl (C=O) groups excluding carboxylic acids is 1. The van der Waals surface area contributed by atoms with Gasteiger partial charge in [0, 0.05) is 31.1 Å². The quantitative estimate of drug-likeness (QED) is 0.171. The number of ether oxygens (including phenoxy) is 2. The minimum absolute atomic E-state index is 0.0188. The third-order valence-corrected chi connectivity index (χ3v) is 8.79. The van der Waals surface area contributed by atoms with Crippen molar-refractivity contribution in [1.82, 2.24) is 20.2 Å². The lowest BCUT2D eigenvalue weighted by Gasteiger charge is -2.39. The van der Waals surface area contributed by atoms with E-state index in [0.29, 0.717) is 25.0 Å². The molecule has 9 heteroatoms. The van der Waals surface area contributed by atoms with Gasteiger partial charge in [-0.15, -0.1) is 0 Å². The van der Waals surface area contributed by atoms with Crippen molar-refractivity contribution in [2.75, 3.05) is 13.6 Å². The minimum atomic E-state index is -0.639. The molecule has 6 rings (SSSR count). The molecule has 1 saturated heterocycles. The standard InChI is InChI=1S/C38H40N4O5/c1-25(36(44)29-8-4-3-5-9-29)42(2)23-31-20-35(28-16-14-27(24-43)15-17-28)47-38(46-31)30-18-12-26(13-19-30)21-40-37(45)34-22-39-32-10-6-7-11-33(32)41-34/h3-19,22,25,31,35-36,38,43-44H,20-21,23-24H2,1-2H3,(H,40,45)/t25-,31+,35-,36-,38-/m0/s1. The average Bonchev–Trinajstić information content (AvgIpc) is 3.13. The number of aliphatic hydroxyl groups is 2. The maximum absolute atomic E-state index is 12.8. The number of benzene rings is 4. The first-order valence-electron chi connectivity index (χ1n) is 15.9. The highest BCUT2D eigenvalue weighted by Gasteiger charge is 2.34. The van der Waals surface area contributed by atoms with Crippen LogP contribution in [0.4, 0.5) is 0 Å². The number of nitrogens with one attached hydrogen (secondary N) is 1. The van der Waals surface area contributed by atoms with E-state index in [0.717, 1.165) is 33.3 Å². The Hall–Kier alpha value is -4.51. The highest BCUT2D eigenvalue weighted by Crippen LogP contribution is 2.38. The summed E-state index contributed by atoms with van der Waals surface area (Å²) in [7, 11) is 2.00. The highest BCUT2D eigenvalue weighted by molar-refractivity contribution is 5.93. The van der Waals surface area contributed by atoms with Crippen LogP contribution >= 0.6 is 0 Å². The fourth-order valence-corrected chi connectivity index (χ4v) is 5.82. The number of amides is 1. The SMILES string of the molecule is C[C@@H]([C@H](O)c1ccccc1)N(C)C[C@H]1C[C@@H](c2ccc(CO)cc2)O[C@@H](c2ccc(CNC(=O)c3cnc4ccccc4n3)cc2)O1. The number of aliphatic hydroxyl groups excluding tert-OH is 2. The second kappa shape index (κ2) is 14.9. The molecule has 0 bridgehead atoms. The van der Waals surface area contributed by atoms with Gasteiger partial charge in [0.05, 0.1) is 42.1 Å². The molecule has 1 aliphatic rings. The molecule has 1 aliphatic heterocycles. The van der Waals surface area contributed by atoms with Gasteiger partial charge in [-0.3, -0.25) is 14.7 Å². The Bertz CT molecular complexity index is 1770. The zero-order chi connectivity index (χ0) is 32.8. The van der Waals surface area contributed by atoms with Crippen LogP contribution in [0.2, 0.25) is 0 Å². The third-order valence-electron chi connectivity index (χ3n) is 8.79. The Morgan fingerprint density at radius 3 is 2.28 bits per heavy atom. The fraction of sp³-hybridized carbons (Fsp3) is 0.289. The van der Waals surface area contributed by atoms with Crippen LogP contribution in [0.5, 0.6) is 0 Å². The fourth-order valence-electron chi connectivity index (χ4n) is 5.82. The van der Waals surface area contributed by atoms with Gasteiger partial charge in [0.15, 0.2) is 6.29 Å². The molecule has 3 N–H and O–H groups in total. The number of nitrogens with zero attached hydrogens (tertiary/aromatic N) is 3. The summed E-state index contributed by atoms with van der Waals surface area (Å²) in [6, 6.07) is 32.6. The lowest BCUT2D eigenvalue weighted by Crippen LogP contribution is -2.43. The van der Waals surface area contributed by atoms with Crippen LogP contribution in [0.1, 0.15) is 70.1 Å². The minimum Gasteiger partial charge on any atom is -0.392 e. The van der Waals surface area contributed by atoms with Crippen molar-refractivity contribution >= 4 is 16.9 Å². The summed E-state index contributed by atoms with van der Waals surface area (Å²) < 4.78 is 13.1. The molecule has 2 heterocycles. The van der Waals surface area contributed by atoms with E-state index in [1.54, 1.807) is 0 Å². The van der Waals surface area contributed by atoms with Gasteiger partial charge in [0.25, 0.3) is 5.91 Å². The highest BCUT2D eigenvalue weighted by atomic mass is 16.7. The molecule has 0 saturated carbocycles. The van der Waals surface area contributed by atoms with Crippen molar-refractivity contribution in [3.05, 3.63) is 143 Å². The molecule has 9 nitrogen and oxygen atoms in total. The van der Waals surface area contributed by atoms with Crippen molar-refractivity contribution in [2.45, 2.75) is 57.1 Å². The Morgan fingerprint density at radius 1 is 0.894 bits per heavy atom. The Morgan fingerprint density at radius 2 is 1.55 bits per heavy atom. The molecule has 4 aromatic carbocycles. The van der Waals surface area contributed by atoms with Crippen LogP contribution in [0.3, 0.4) is 0 Å². The monoisotopic (exact) mass is 632 g/mol. The van der Waals surface area contributed by atoms with Gasteiger partial charge in [-0.05, 0) is 48.4 Å². The lowest BCUT2D eigenvalue weighted by molar-refractivity contribution is -0.253. The number of para-hydroxylation sites is 2. The Balaban J connectivity index is 1.13. The van der Waals surface area contributed by atoms with E-state index in [1.807, 2.05) is 117 Å². The first-order chi connectivity index (χ1) is 22.9. The van der Waals surface area contributed by atoms with Crippen molar-refractivity contribution in [2.24, 2.45) is 0 Å². The van der Waals surface area contributed by atoms with Crippen molar-refractivity contribution in [3.63, 3.8) is 0 Å². The first kappa shape index (κ1) is 32.4. The molecule has 0 unspecified atom stereocenters. The smallest absolute Gasteiger partial charge is 0.271 e. The molecule has 5 aromatic rings. The van der Waals surface area contributed by atoms with Crippen LogP contribution in [-0.4, -0.2) is 56.7 Å². The van der Waals surface area contributed by atoms with Crippen LogP contribution in [0.15, 0.2) is 109 Å². The van der Waals surface area contributed by atoms with E-state index in [9.17, 15) is 15.0 Å². The van der Waals surface area contributed by atoms with Crippen LogP contribution < -0.4 is 5.32 Å². The summed E-state index contributed by atoms with van der Waals surface area (Å²) in [5.41, 5.74) is 6.19. The normalized spacial score (nSPS) is 19.4. The van der Waals surface area contributed by atoms with Crippen molar-refractivity contribution < 1.29 is 24.5 Å². The first-order valence-corrected chi connectivity index (χ1v) is 15.9. The maximum atomic E-state index is 12.8. The van der Waals surface area contributed by atoms with E-state index in [-0.39, 0.29) is 36.5 Å². The van der Waals surface area contributed by atoms with E-state index >= 15 is 0 Å². The molecule has 47 heavy (non-hydrogen) atoms. The van der Waals surface area contributed by atoms with E-state index in [4.69, 9.17) is 9.47 Å². The lowest BCUT2D eigenvalue weighted by atomic mass is 9.98. The number of aromatic nitrogens is 2. The zero-order valence-electron chi connectivity index (χ0n) is 26.6. The summed E-state index contributed by atoms with van der Waals surface area (Å²) in [5, 5.41) is 23.5. The summed E-state index contributed by atoms with van der Waals surface area (Å²) >= 11 is 0. The predicted octanol–water partition coefficient (Wildman–Crippen LogP) is 5.65. The molecule has 1 aromatic heterocycles. The maximum Gasteiger partial charge on any atom is 0.271 e. The van der Waals surface area contributed by atoms with E-state index in [1.165, 1.54) is 6.20 Å². The van der Waals surface area contributed by atoms with Gasteiger partial charge in [-0.2, -0.15) is 0 Å². The Labute approximate surface area is 274 Å². The Kier molecular flexibility index (Phi) is 10.3. The van der Waals surface area contributed by atoms with Gasteiger partial charge < -0.3 is 25.0 Å². The summed E-state index contributed by atoms with van der Waals surface area (Å²) in [6.07, 6.45) is 0.471. The number of hydrogen-bond donors (Lipinski definition) is 3. The predicted molar refractivity (Wildman–Crippen MR) is 179 cm³/mol. The van der Waals surface area contributed by atoms with E-state index in [2.05, 4.69) is 20.2 Å². The number of hydrogen-bond acceptors (Lipinski definition) is 8. The number of rotatable bonds is 11. The zero-order valence-corrected chi connectivity index (χ0v) is 26.6. The van der Waals surface area contributed by atoms with Crippen molar-refractivity contribution in [3.8, 4) is 0 Å². The largest absolute Gasteiger partial charge is 0.392 e. The number of likely N-dealkylation sites (N-methyl/N-ethyl adjacent to an activating group) is 1. The molecule has 0 radical (unpaired) electrons. The topological polar surface area (TPSA) is 117 Å². The number of fused-ring (bicyclic) bond motifs is 1. The summed E-state index contributed by atoms with van der Waals surface area (Å²) in [4.78, 5) is 23.7. The second-order valence-corrected chi connectivity index (χ2v) is 12.1. The van der Waals surface area contributed by atoms with Gasteiger partial charge in [0.1, 0.15) is 5.69 Å². The summed E-state index contributed by atoms with van der Waals surface area (Å²) in [5.74, 6) is -0.292.